The number of fused-ring (bicyclic) bond motifs is 1. The van der Waals surface area contributed by atoms with Gasteiger partial charge in [0.25, 0.3) is 0 Å². The zero-order valence-electron chi connectivity index (χ0n) is 14.4. The molecule has 0 saturated carbocycles. The molecule has 2 bridgehead atoms. The van der Waals surface area contributed by atoms with Gasteiger partial charge >= 0.3 is 5.97 Å². The first-order valence-corrected chi connectivity index (χ1v) is 9.01. The SMILES string of the molecule is CCCOC(=O)C1[C@H]2C(=O)N(CCc3ccccc3)C[C@]23C=C[C@H]1O3. The second-order valence-electron chi connectivity index (χ2n) is 7.06. The Hall–Kier alpha value is -2.14. The van der Waals surface area contributed by atoms with E-state index < -0.39 is 17.4 Å². The normalized spacial score (nSPS) is 32.3. The van der Waals surface area contributed by atoms with Crippen molar-refractivity contribution in [3.05, 3.63) is 48.0 Å². The molecule has 1 unspecified atom stereocenters. The van der Waals surface area contributed by atoms with Gasteiger partial charge in [0, 0.05) is 6.54 Å². The predicted molar refractivity (Wildman–Crippen MR) is 91.7 cm³/mol. The third-order valence-corrected chi connectivity index (χ3v) is 5.41. The maximum atomic E-state index is 13.0. The quantitative estimate of drug-likeness (QED) is 0.586. The highest BCUT2D eigenvalue weighted by molar-refractivity contribution is 5.91. The number of hydrogen-bond acceptors (Lipinski definition) is 4. The van der Waals surface area contributed by atoms with Crippen molar-refractivity contribution >= 4 is 11.9 Å². The summed E-state index contributed by atoms with van der Waals surface area (Å²) in [7, 11) is 0. The molecule has 2 fully saturated rings. The predicted octanol–water partition coefficient (Wildman–Crippen LogP) is 1.96. The first-order valence-electron chi connectivity index (χ1n) is 9.01. The number of carbonyl (C=O) groups excluding carboxylic acids is 2. The molecule has 1 spiro atoms. The first-order chi connectivity index (χ1) is 12.1. The minimum Gasteiger partial charge on any atom is -0.465 e. The molecule has 1 aromatic carbocycles. The number of benzene rings is 1. The number of rotatable bonds is 6. The van der Waals surface area contributed by atoms with Gasteiger partial charge in [-0.1, -0.05) is 49.4 Å². The van der Waals surface area contributed by atoms with Gasteiger partial charge in [0.05, 0.1) is 25.2 Å². The Morgan fingerprint density at radius 1 is 1.36 bits per heavy atom. The fraction of sp³-hybridized carbons (Fsp3) is 0.500. The average Bonchev–Trinajstić information content (AvgIpc) is 3.27. The van der Waals surface area contributed by atoms with E-state index in [1.807, 2.05) is 42.2 Å². The Labute approximate surface area is 147 Å². The molecule has 0 aliphatic carbocycles. The summed E-state index contributed by atoms with van der Waals surface area (Å²) >= 11 is 0. The van der Waals surface area contributed by atoms with Gasteiger partial charge in [0.2, 0.25) is 5.91 Å². The van der Waals surface area contributed by atoms with Gasteiger partial charge in [0.1, 0.15) is 11.5 Å². The number of hydrogen-bond donors (Lipinski definition) is 0. The molecule has 1 amide bonds. The van der Waals surface area contributed by atoms with Crippen molar-refractivity contribution in [1.29, 1.82) is 0 Å². The fourth-order valence-corrected chi connectivity index (χ4v) is 4.24. The minimum absolute atomic E-state index is 0.0150. The smallest absolute Gasteiger partial charge is 0.312 e. The number of esters is 1. The van der Waals surface area contributed by atoms with E-state index in [1.54, 1.807) is 0 Å². The molecule has 5 nitrogen and oxygen atoms in total. The highest BCUT2D eigenvalue weighted by Crippen LogP contribution is 2.52. The second-order valence-corrected chi connectivity index (χ2v) is 7.06. The third-order valence-electron chi connectivity index (χ3n) is 5.41. The lowest BCUT2D eigenvalue weighted by Crippen LogP contribution is -2.40. The molecule has 3 heterocycles. The van der Waals surface area contributed by atoms with Crippen LogP contribution < -0.4 is 0 Å². The molecule has 5 heteroatoms. The standard InChI is InChI=1S/C20H23NO4/c1-2-12-24-19(23)16-15-8-10-20(25-15)13-21(18(22)17(16)20)11-9-14-6-4-3-5-7-14/h3-8,10,15-17H,2,9,11-13H2,1H3/t15-,16?,17+,20-/m1/s1. The zero-order valence-corrected chi connectivity index (χ0v) is 14.4. The van der Waals surface area contributed by atoms with Crippen LogP contribution in [0.25, 0.3) is 0 Å². The maximum Gasteiger partial charge on any atom is 0.312 e. The summed E-state index contributed by atoms with van der Waals surface area (Å²) < 4.78 is 11.4. The number of amides is 1. The second kappa shape index (κ2) is 6.30. The summed E-state index contributed by atoms with van der Waals surface area (Å²) in [6.45, 7) is 3.50. The highest BCUT2D eigenvalue weighted by Gasteiger charge is 2.67. The molecular formula is C20H23NO4. The zero-order chi connectivity index (χ0) is 17.4. The van der Waals surface area contributed by atoms with E-state index in [9.17, 15) is 9.59 Å². The summed E-state index contributed by atoms with van der Waals surface area (Å²) in [5.41, 5.74) is 0.554. The van der Waals surface area contributed by atoms with Crippen molar-refractivity contribution in [2.45, 2.75) is 31.5 Å². The Morgan fingerprint density at radius 2 is 2.16 bits per heavy atom. The molecule has 25 heavy (non-hydrogen) atoms. The van der Waals surface area contributed by atoms with E-state index in [0.29, 0.717) is 19.7 Å². The summed E-state index contributed by atoms with van der Waals surface area (Å²) in [4.78, 5) is 27.3. The lowest BCUT2D eigenvalue weighted by Gasteiger charge is -2.22. The van der Waals surface area contributed by atoms with Crippen LogP contribution in [0.1, 0.15) is 18.9 Å². The summed E-state index contributed by atoms with van der Waals surface area (Å²) in [6, 6.07) is 10.1. The Balaban J connectivity index is 1.48. The lowest BCUT2D eigenvalue weighted by atomic mass is 9.77. The van der Waals surface area contributed by atoms with Crippen molar-refractivity contribution in [1.82, 2.24) is 4.90 Å². The topological polar surface area (TPSA) is 55.8 Å². The van der Waals surface area contributed by atoms with Gasteiger partial charge in [-0.3, -0.25) is 9.59 Å². The largest absolute Gasteiger partial charge is 0.465 e. The third kappa shape index (κ3) is 2.67. The van der Waals surface area contributed by atoms with Crippen LogP contribution in [0.5, 0.6) is 0 Å². The first kappa shape index (κ1) is 16.3. The van der Waals surface area contributed by atoms with Crippen molar-refractivity contribution in [2.75, 3.05) is 19.7 Å². The molecule has 0 radical (unpaired) electrons. The van der Waals surface area contributed by atoms with Gasteiger partial charge in [-0.2, -0.15) is 0 Å². The molecule has 132 valence electrons. The van der Waals surface area contributed by atoms with E-state index in [2.05, 4.69) is 12.1 Å². The van der Waals surface area contributed by atoms with Gasteiger partial charge in [-0.25, -0.2) is 0 Å². The molecule has 3 aliphatic rings. The monoisotopic (exact) mass is 341 g/mol. The van der Waals surface area contributed by atoms with Gasteiger partial charge in [0.15, 0.2) is 0 Å². The van der Waals surface area contributed by atoms with Crippen molar-refractivity contribution < 1.29 is 19.1 Å². The van der Waals surface area contributed by atoms with Gasteiger partial charge in [-0.05, 0) is 18.4 Å². The number of ether oxygens (including phenoxy) is 2. The summed E-state index contributed by atoms with van der Waals surface area (Å²) in [5.74, 6) is -1.24. The van der Waals surface area contributed by atoms with Crippen LogP contribution in [0.4, 0.5) is 0 Å². The molecular weight excluding hydrogens is 318 g/mol. The van der Waals surface area contributed by atoms with Gasteiger partial charge in [-0.15, -0.1) is 0 Å². The number of likely N-dealkylation sites (tertiary alicyclic amines) is 1. The Bertz CT molecular complexity index is 701. The minimum atomic E-state index is -0.645. The van der Waals surface area contributed by atoms with Gasteiger partial charge < -0.3 is 14.4 Å². The van der Waals surface area contributed by atoms with E-state index in [0.717, 1.165) is 12.8 Å². The van der Waals surface area contributed by atoms with Crippen LogP contribution in [0.15, 0.2) is 42.5 Å². The van der Waals surface area contributed by atoms with E-state index in [1.165, 1.54) is 5.56 Å². The maximum absolute atomic E-state index is 13.0. The Kier molecular flexibility index (Phi) is 4.12. The fourth-order valence-electron chi connectivity index (χ4n) is 4.24. The Morgan fingerprint density at radius 3 is 2.92 bits per heavy atom. The van der Waals surface area contributed by atoms with Crippen LogP contribution in [0.3, 0.4) is 0 Å². The van der Waals surface area contributed by atoms with Crippen molar-refractivity contribution in [3.63, 3.8) is 0 Å². The number of nitrogens with zero attached hydrogens (tertiary/aromatic N) is 1. The number of carbonyl (C=O) groups is 2. The molecule has 2 saturated heterocycles. The molecule has 1 aromatic rings. The molecule has 3 aliphatic heterocycles. The van der Waals surface area contributed by atoms with Crippen LogP contribution in [-0.4, -0.2) is 48.2 Å². The van der Waals surface area contributed by atoms with Crippen LogP contribution in [0, 0.1) is 11.8 Å². The average molecular weight is 341 g/mol. The molecule has 4 atom stereocenters. The molecule has 0 aromatic heterocycles. The van der Waals surface area contributed by atoms with E-state index in [-0.39, 0.29) is 18.0 Å². The van der Waals surface area contributed by atoms with Crippen LogP contribution in [-0.2, 0) is 25.5 Å². The van der Waals surface area contributed by atoms with Crippen LogP contribution in [0.2, 0.25) is 0 Å². The molecule has 0 N–H and O–H groups in total. The van der Waals surface area contributed by atoms with Crippen LogP contribution >= 0.6 is 0 Å². The van der Waals surface area contributed by atoms with E-state index in [4.69, 9.17) is 9.47 Å². The lowest BCUT2D eigenvalue weighted by molar-refractivity contribution is -0.153. The molecule has 4 rings (SSSR count). The van der Waals surface area contributed by atoms with Crippen molar-refractivity contribution in [2.24, 2.45) is 11.8 Å². The van der Waals surface area contributed by atoms with Crippen molar-refractivity contribution in [3.8, 4) is 0 Å². The summed E-state index contributed by atoms with van der Waals surface area (Å²) in [5, 5.41) is 0. The van der Waals surface area contributed by atoms with E-state index >= 15 is 0 Å². The highest BCUT2D eigenvalue weighted by atomic mass is 16.6. The summed E-state index contributed by atoms with van der Waals surface area (Å²) in [6.07, 6.45) is 5.14.